The Kier molecular flexibility index (Phi) is 6.44. The molecule has 42 heavy (non-hydrogen) atoms. The SMILES string of the molecule is CC1=CC(=O)C2=C(C1=O)[C@@H](c1cc(Cl)ccc1O)C1=CC[C@@H]3C(=O)N(c4ccc(N5CCOCC5)cc4)C(=O)[C@@H]3[C@@H]1C2. The largest absolute Gasteiger partial charge is 0.508 e. The first-order chi connectivity index (χ1) is 20.2. The number of phenols is 1. The Morgan fingerprint density at radius 1 is 0.929 bits per heavy atom. The number of anilines is 2. The minimum absolute atomic E-state index is 0.0526. The minimum Gasteiger partial charge on any atom is -0.508 e. The number of aromatic hydroxyl groups is 1. The van der Waals surface area contributed by atoms with Gasteiger partial charge in [0.05, 0.1) is 30.7 Å². The number of amides is 2. The highest BCUT2D eigenvalue weighted by molar-refractivity contribution is 6.30. The summed E-state index contributed by atoms with van der Waals surface area (Å²) in [6.45, 7) is 4.47. The quantitative estimate of drug-likeness (QED) is 0.321. The molecule has 214 valence electrons. The number of imide groups is 1. The van der Waals surface area contributed by atoms with Crippen LogP contribution >= 0.6 is 11.6 Å². The van der Waals surface area contributed by atoms with E-state index in [1.165, 1.54) is 17.0 Å². The van der Waals surface area contributed by atoms with Gasteiger partial charge in [0.2, 0.25) is 11.8 Å². The lowest BCUT2D eigenvalue weighted by Crippen LogP contribution is -2.39. The third kappa shape index (κ3) is 4.07. The molecule has 8 nitrogen and oxygen atoms in total. The number of hydrogen-bond donors (Lipinski definition) is 1. The molecule has 2 heterocycles. The summed E-state index contributed by atoms with van der Waals surface area (Å²) in [7, 11) is 0. The van der Waals surface area contributed by atoms with E-state index < -0.39 is 23.7 Å². The van der Waals surface area contributed by atoms with Crippen LogP contribution in [0.15, 0.2) is 76.9 Å². The van der Waals surface area contributed by atoms with E-state index in [-0.39, 0.29) is 35.6 Å². The zero-order valence-corrected chi connectivity index (χ0v) is 23.8. The number of fused-ring (bicyclic) bond motifs is 3. The smallest absolute Gasteiger partial charge is 0.238 e. The summed E-state index contributed by atoms with van der Waals surface area (Å²) < 4.78 is 5.44. The Morgan fingerprint density at radius 2 is 1.64 bits per heavy atom. The number of phenolic OH excluding ortho intramolecular Hbond substituents is 1. The van der Waals surface area contributed by atoms with E-state index in [1.54, 1.807) is 31.2 Å². The molecule has 2 aliphatic heterocycles. The molecule has 0 aromatic heterocycles. The molecule has 2 aromatic carbocycles. The van der Waals surface area contributed by atoms with Crippen LogP contribution in [0.25, 0.3) is 0 Å². The van der Waals surface area contributed by atoms with Gasteiger partial charge >= 0.3 is 0 Å². The van der Waals surface area contributed by atoms with Crippen molar-refractivity contribution in [3.05, 3.63) is 87.5 Å². The zero-order chi connectivity index (χ0) is 29.3. The Bertz CT molecular complexity index is 1650. The van der Waals surface area contributed by atoms with Gasteiger partial charge in [0, 0.05) is 52.0 Å². The number of carbonyl (C=O) groups is 4. The fourth-order valence-electron chi connectivity index (χ4n) is 7.36. The number of hydrogen-bond acceptors (Lipinski definition) is 7. The molecule has 0 unspecified atom stereocenters. The molecule has 3 aliphatic carbocycles. The molecular weight excluding hydrogens is 556 g/mol. The van der Waals surface area contributed by atoms with Gasteiger partial charge in [-0.1, -0.05) is 23.3 Å². The van der Waals surface area contributed by atoms with Gasteiger partial charge in [-0.25, -0.2) is 0 Å². The van der Waals surface area contributed by atoms with Crippen molar-refractivity contribution in [2.75, 3.05) is 36.1 Å². The second kappa shape index (κ2) is 10.1. The second-order valence-electron chi connectivity index (χ2n) is 11.6. The molecule has 7 rings (SSSR count). The maximum atomic E-state index is 14.1. The van der Waals surface area contributed by atoms with Crippen LogP contribution in [-0.4, -0.2) is 54.8 Å². The fourth-order valence-corrected chi connectivity index (χ4v) is 7.54. The number of allylic oxidation sites excluding steroid dienone is 6. The topological polar surface area (TPSA) is 104 Å². The van der Waals surface area contributed by atoms with Crippen LogP contribution in [0, 0.1) is 17.8 Å². The summed E-state index contributed by atoms with van der Waals surface area (Å²) in [5.41, 5.74) is 3.69. The Morgan fingerprint density at radius 3 is 2.38 bits per heavy atom. The average Bonchev–Trinajstić information content (AvgIpc) is 3.26. The van der Waals surface area contributed by atoms with E-state index in [0.717, 1.165) is 24.4 Å². The molecule has 2 fully saturated rings. The number of benzene rings is 2. The van der Waals surface area contributed by atoms with E-state index in [0.29, 0.717) is 52.6 Å². The lowest BCUT2D eigenvalue weighted by Gasteiger charge is -2.42. The van der Waals surface area contributed by atoms with Crippen LogP contribution in [0.1, 0.15) is 31.2 Å². The first-order valence-electron chi connectivity index (χ1n) is 14.2. The number of nitrogens with zero attached hydrogens (tertiary/aromatic N) is 2. The molecular formula is C33H29ClN2O6. The first-order valence-corrected chi connectivity index (χ1v) is 14.6. The predicted molar refractivity (Wildman–Crippen MR) is 156 cm³/mol. The van der Waals surface area contributed by atoms with Crippen LogP contribution in [0.4, 0.5) is 11.4 Å². The van der Waals surface area contributed by atoms with E-state index in [9.17, 15) is 24.3 Å². The fraction of sp³-hybridized carbons (Fsp3) is 0.333. The molecule has 0 bridgehead atoms. The van der Waals surface area contributed by atoms with Crippen molar-refractivity contribution in [1.82, 2.24) is 0 Å². The lowest BCUT2D eigenvalue weighted by atomic mass is 9.59. The van der Waals surface area contributed by atoms with E-state index in [4.69, 9.17) is 16.3 Å². The van der Waals surface area contributed by atoms with E-state index >= 15 is 0 Å². The van der Waals surface area contributed by atoms with Crippen molar-refractivity contribution in [3.8, 4) is 5.75 Å². The highest BCUT2D eigenvalue weighted by Crippen LogP contribution is 2.56. The van der Waals surface area contributed by atoms with Crippen LogP contribution < -0.4 is 9.80 Å². The van der Waals surface area contributed by atoms with Crippen LogP contribution in [0.3, 0.4) is 0 Å². The molecule has 0 saturated carbocycles. The maximum Gasteiger partial charge on any atom is 0.238 e. The standard InChI is InChI=1S/C33H29ClN2O6/c1-17-14-27(38)25-16-23-21(28(30(25)31(17)39)24-15-18(34)2-9-26(24)37)7-8-22-29(23)33(41)36(32(22)40)20-5-3-19(4-6-20)35-10-12-42-13-11-35/h2-7,9,14-15,22-23,28-29,37H,8,10-13,16H2,1H3/t22-,23+,28+,29-/m0/s1. The summed E-state index contributed by atoms with van der Waals surface area (Å²) in [5.74, 6) is -3.65. The molecule has 0 radical (unpaired) electrons. The summed E-state index contributed by atoms with van der Waals surface area (Å²) in [6, 6.07) is 12.1. The van der Waals surface area contributed by atoms with Crippen molar-refractivity contribution < 1.29 is 29.0 Å². The van der Waals surface area contributed by atoms with Gasteiger partial charge in [-0.2, -0.15) is 0 Å². The lowest BCUT2D eigenvalue weighted by molar-refractivity contribution is -0.123. The molecule has 2 amide bonds. The van der Waals surface area contributed by atoms with Gasteiger partial charge < -0.3 is 14.7 Å². The average molecular weight is 585 g/mol. The molecule has 1 N–H and O–H groups in total. The van der Waals surface area contributed by atoms with E-state index in [1.807, 2.05) is 18.2 Å². The van der Waals surface area contributed by atoms with Crippen molar-refractivity contribution in [2.45, 2.75) is 25.7 Å². The van der Waals surface area contributed by atoms with Gasteiger partial charge in [-0.3, -0.25) is 24.1 Å². The molecule has 5 aliphatic rings. The third-order valence-corrected chi connectivity index (χ3v) is 9.58. The molecule has 4 atom stereocenters. The van der Waals surface area contributed by atoms with Crippen molar-refractivity contribution >= 4 is 46.4 Å². The summed E-state index contributed by atoms with van der Waals surface area (Å²) in [6.07, 6.45) is 3.77. The number of carbonyl (C=O) groups excluding carboxylic acids is 4. The number of halogens is 1. The third-order valence-electron chi connectivity index (χ3n) is 9.35. The van der Waals surface area contributed by atoms with Crippen molar-refractivity contribution in [1.29, 1.82) is 0 Å². The monoisotopic (exact) mass is 584 g/mol. The zero-order valence-electron chi connectivity index (χ0n) is 23.0. The Labute approximate surface area is 247 Å². The number of rotatable bonds is 3. The summed E-state index contributed by atoms with van der Waals surface area (Å²) >= 11 is 6.33. The molecule has 0 spiro atoms. The number of morpholine rings is 1. The van der Waals surface area contributed by atoms with E-state index in [2.05, 4.69) is 4.90 Å². The van der Waals surface area contributed by atoms with Crippen LogP contribution in [-0.2, 0) is 23.9 Å². The summed E-state index contributed by atoms with van der Waals surface area (Å²) in [5, 5.41) is 11.3. The Balaban J connectivity index is 1.28. The van der Waals surface area contributed by atoms with Crippen LogP contribution in [0.2, 0.25) is 5.02 Å². The van der Waals surface area contributed by atoms with Crippen molar-refractivity contribution in [2.24, 2.45) is 17.8 Å². The van der Waals surface area contributed by atoms with Crippen molar-refractivity contribution in [3.63, 3.8) is 0 Å². The van der Waals surface area contributed by atoms with Gasteiger partial charge in [-0.15, -0.1) is 0 Å². The highest BCUT2D eigenvalue weighted by atomic mass is 35.5. The van der Waals surface area contributed by atoms with Gasteiger partial charge in [0.25, 0.3) is 0 Å². The summed E-state index contributed by atoms with van der Waals surface area (Å²) in [4.78, 5) is 58.2. The Hall–Kier alpha value is -4.01. The van der Waals surface area contributed by atoms with Gasteiger partial charge in [0.1, 0.15) is 5.75 Å². The van der Waals surface area contributed by atoms with Gasteiger partial charge in [-0.05, 0) is 74.2 Å². The number of Topliss-reactive ketones (excluding diaryl/α,β-unsaturated/α-hetero) is 1. The molecule has 2 aromatic rings. The second-order valence-corrected chi connectivity index (χ2v) is 12.0. The minimum atomic E-state index is -0.747. The maximum absolute atomic E-state index is 14.1. The normalized spacial score (nSPS) is 27.5. The molecule has 2 saturated heterocycles. The van der Waals surface area contributed by atoms with Gasteiger partial charge in [0.15, 0.2) is 11.6 Å². The number of ether oxygens (including phenoxy) is 1. The number of ketones is 2. The highest BCUT2D eigenvalue weighted by Gasteiger charge is 2.56. The van der Waals surface area contributed by atoms with Crippen LogP contribution in [0.5, 0.6) is 5.75 Å². The first kappa shape index (κ1) is 26.9. The molecule has 9 heteroatoms. The predicted octanol–water partition coefficient (Wildman–Crippen LogP) is 4.52.